The lowest BCUT2D eigenvalue weighted by Gasteiger charge is -2.50. The zero-order valence-corrected chi connectivity index (χ0v) is 11.0. The zero-order chi connectivity index (χ0) is 11.0. The average Bonchev–Trinajstić information content (AvgIpc) is 2.37. The molecule has 0 aromatic carbocycles. The highest BCUT2D eigenvalue weighted by Crippen LogP contribution is 2.53. The summed E-state index contributed by atoms with van der Waals surface area (Å²) in [6, 6.07) is 0. The van der Waals surface area contributed by atoms with E-state index in [1.807, 2.05) is 0 Å². The Labute approximate surface area is 101 Å². The quantitative estimate of drug-likeness (QED) is 0.581. The molecule has 3 fully saturated rings. The average molecular weight is 220 g/mol. The van der Waals surface area contributed by atoms with Crippen LogP contribution < -0.4 is 0 Å². The van der Waals surface area contributed by atoms with E-state index in [4.69, 9.17) is 0 Å². The first-order valence-electron chi connectivity index (χ1n) is 7.90. The fourth-order valence-corrected chi connectivity index (χ4v) is 5.45. The number of rotatable bonds is 1. The van der Waals surface area contributed by atoms with Crippen molar-refractivity contribution in [3.05, 3.63) is 0 Å². The molecule has 5 unspecified atom stereocenters. The van der Waals surface area contributed by atoms with Gasteiger partial charge >= 0.3 is 0 Å². The van der Waals surface area contributed by atoms with Crippen LogP contribution in [0.4, 0.5) is 0 Å². The van der Waals surface area contributed by atoms with Crippen LogP contribution in [0.1, 0.15) is 71.1 Å². The van der Waals surface area contributed by atoms with E-state index in [2.05, 4.69) is 6.92 Å². The molecule has 0 radical (unpaired) electrons. The second-order valence-corrected chi connectivity index (χ2v) is 6.71. The minimum absolute atomic E-state index is 1.10. The molecular weight excluding hydrogens is 192 g/mol. The van der Waals surface area contributed by atoms with Gasteiger partial charge in [-0.1, -0.05) is 45.4 Å². The third-order valence-electron chi connectivity index (χ3n) is 6.18. The maximum absolute atomic E-state index is 2.43. The minimum Gasteiger partial charge on any atom is -0.0651 e. The summed E-state index contributed by atoms with van der Waals surface area (Å²) >= 11 is 0. The van der Waals surface area contributed by atoms with Crippen LogP contribution in [-0.4, -0.2) is 0 Å². The molecular formula is C16H28. The van der Waals surface area contributed by atoms with Crippen LogP contribution in [0.5, 0.6) is 0 Å². The van der Waals surface area contributed by atoms with E-state index in [0.29, 0.717) is 0 Å². The third kappa shape index (κ3) is 1.83. The SMILES string of the molecule is CCC1CCCC2C1CCC1CCCCC12. The number of hydrogen-bond donors (Lipinski definition) is 0. The molecule has 0 saturated heterocycles. The summed E-state index contributed by atoms with van der Waals surface area (Å²) in [6.07, 6.45) is 15.6. The molecule has 3 rings (SSSR count). The van der Waals surface area contributed by atoms with E-state index in [1.165, 1.54) is 12.8 Å². The normalized spacial score (nSPS) is 48.2. The van der Waals surface area contributed by atoms with Crippen molar-refractivity contribution >= 4 is 0 Å². The Bertz CT molecular complexity index is 226. The van der Waals surface area contributed by atoms with Crippen molar-refractivity contribution in [2.24, 2.45) is 29.6 Å². The Morgan fingerprint density at radius 2 is 1.50 bits per heavy atom. The highest BCUT2D eigenvalue weighted by atomic mass is 14.5. The summed E-state index contributed by atoms with van der Waals surface area (Å²) in [5.41, 5.74) is 0. The molecule has 0 aliphatic heterocycles. The largest absolute Gasteiger partial charge is 0.0651 e. The van der Waals surface area contributed by atoms with Crippen molar-refractivity contribution in [3.8, 4) is 0 Å². The van der Waals surface area contributed by atoms with Crippen LogP contribution in [-0.2, 0) is 0 Å². The fourth-order valence-electron chi connectivity index (χ4n) is 5.45. The molecule has 16 heavy (non-hydrogen) atoms. The van der Waals surface area contributed by atoms with Gasteiger partial charge in [-0.15, -0.1) is 0 Å². The van der Waals surface area contributed by atoms with Gasteiger partial charge in [0, 0.05) is 0 Å². The first kappa shape index (κ1) is 11.1. The Morgan fingerprint density at radius 3 is 2.38 bits per heavy atom. The van der Waals surface area contributed by atoms with Crippen molar-refractivity contribution < 1.29 is 0 Å². The van der Waals surface area contributed by atoms with Crippen molar-refractivity contribution in [2.75, 3.05) is 0 Å². The topological polar surface area (TPSA) is 0 Å². The smallest absolute Gasteiger partial charge is 0.0352 e. The predicted octanol–water partition coefficient (Wildman–Crippen LogP) is 5.03. The van der Waals surface area contributed by atoms with Crippen molar-refractivity contribution in [1.82, 2.24) is 0 Å². The lowest BCUT2D eigenvalue weighted by atomic mass is 9.55. The Kier molecular flexibility index (Phi) is 3.27. The van der Waals surface area contributed by atoms with Crippen molar-refractivity contribution in [2.45, 2.75) is 71.1 Å². The molecule has 3 aliphatic rings. The van der Waals surface area contributed by atoms with E-state index < -0.39 is 0 Å². The van der Waals surface area contributed by atoms with Gasteiger partial charge in [-0.3, -0.25) is 0 Å². The first-order valence-corrected chi connectivity index (χ1v) is 7.90. The molecule has 5 atom stereocenters. The highest BCUT2D eigenvalue weighted by molar-refractivity contribution is 4.93. The molecule has 0 amide bonds. The molecule has 0 heteroatoms. The summed E-state index contributed by atoms with van der Waals surface area (Å²) in [5.74, 6) is 5.69. The molecule has 0 nitrogen and oxygen atoms in total. The van der Waals surface area contributed by atoms with Gasteiger partial charge in [0.2, 0.25) is 0 Å². The van der Waals surface area contributed by atoms with Crippen LogP contribution >= 0.6 is 0 Å². The zero-order valence-electron chi connectivity index (χ0n) is 11.0. The number of hydrogen-bond acceptors (Lipinski definition) is 0. The first-order chi connectivity index (χ1) is 7.90. The van der Waals surface area contributed by atoms with Gasteiger partial charge < -0.3 is 0 Å². The monoisotopic (exact) mass is 220 g/mol. The molecule has 0 bridgehead atoms. The second kappa shape index (κ2) is 4.70. The molecule has 0 heterocycles. The fraction of sp³-hybridized carbons (Fsp3) is 1.00. The van der Waals surface area contributed by atoms with Crippen molar-refractivity contribution in [1.29, 1.82) is 0 Å². The molecule has 3 aliphatic carbocycles. The van der Waals surface area contributed by atoms with E-state index in [9.17, 15) is 0 Å². The molecule has 0 aromatic heterocycles. The maximum Gasteiger partial charge on any atom is -0.0352 e. The van der Waals surface area contributed by atoms with Gasteiger partial charge in [0.1, 0.15) is 0 Å². The predicted molar refractivity (Wildman–Crippen MR) is 69.3 cm³/mol. The summed E-state index contributed by atoms with van der Waals surface area (Å²) in [4.78, 5) is 0. The minimum atomic E-state index is 1.10. The van der Waals surface area contributed by atoms with E-state index in [0.717, 1.165) is 29.6 Å². The Hall–Kier alpha value is 0. The van der Waals surface area contributed by atoms with E-state index >= 15 is 0 Å². The molecule has 0 aromatic rings. The summed E-state index contributed by atoms with van der Waals surface area (Å²) in [7, 11) is 0. The van der Waals surface area contributed by atoms with Crippen LogP contribution in [0.3, 0.4) is 0 Å². The lowest BCUT2D eigenvalue weighted by molar-refractivity contribution is -0.00443. The van der Waals surface area contributed by atoms with Gasteiger partial charge in [0.05, 0.1) is 0 Å². The van der Waals surface area contributed by atoms with E-state index in [1.54, 1.807) is 51.4 Å². The summed E-state index contributed by atoms with van der Waals surface area (Å²) < 4.78 is 0. The standard InChI is InChI=1S/C16H28/c1-2-12-7-5-9-16-14-8-4-3-6-13(14)10-11-15(12)16/h12-16H,2-11H2,1H3. The van der Waals surface area contributed by atoms with Crippen LogP contribution in [0.2, 0.25) is 0 Å². The Balaban J connectivity index is 1.75. The van der Waals surface area contributed by atoms with Crippen LogP contribution in [0.15, 0.2) is 0 Å². The van der Waals surface area contributed by atoms with Crippen molar-refractivity contribution in [3.63, 3.8) is 0 Å². The lowest BCUT2D eigenvalue weighted by Crippen LogP contribution is -2.41. The van der Waals surface area contributed by atoms with Gasteiger partial charge in [0.25, 0.3) is 0 Å². The highest BCUT2D eigenvalue weighted by Gasteiger charge is 2.43. The molecule has 0 spiro atoms. The second-order valence-electron chi connectivity index (χ2n) is 6.71. The number of fused-ring (bicyclic) bond motifs is 3. The Morgan fingerprint density at radius 1 is 0.688 bits per heavy atom. The van der Waals surface area contributed by atoms with Crippen LogP contribution in [0.25, 0.3) is 0 Å². The van der Waals surface area contributed by atoms with E-state index in [-0.39, 0.29) is 0 Å². The summed E-state index contributed by atoms with van der Waals surface area (Å²) in [5, 5.41) is 0. The van der Waals surface area contributed by atoms with Gasteiger partial charge in [0.15, 0.2) is 0 Å². The summed E-state index contributed by atoms with van der Waals surface area (Å²) in [6.45, 7) is 2.43. The van der Waals surface area contributed by atoms with Gasteiger partial charge in [-0.2, -0.15) is 0 Å². The van der Waals surface area contributed by atoms with Gasteiger partial charge in [-0.05, 0) is 55.3 Å². The van der Waals surface area contributed by atoms with Gasteiger partial charge in [-0.25, -0.2) is 0 Å². The molecule has 92 valence electrons. The third-order valence-corrected chi connectivity index (χ3v) is 6.18. The van der Waals surface area contributed by atoms with Crippen LogP contribution in [0, 0.1) is 29.6 Å². The molecule has 3 saturated carbocycles. The maximum atomic E-state index is 2.43. The molecule has 0 N–H and O–H groups in total.